The van der Waals surface area contributed by atoms with Gasteiger partial charge >= 0.3 is 0 Å². The van der Waals surface area contributed by atoms with Crippen LogP contribution in [0.2, 0.25) is 0 Å². The Labute approximate surface area is 101 Å². The maximum atomic E-state index is 4.33. The fourth-order valence-electron chi connectivity index (χ4n) is 1.61. The Bertz CT molecular complexity index is 469. The maximum absolute atomic E-state index is 4.33. The van der Waals surface area contributed by atoms with Crippen LogP contribution in [0.15, 0.2) is 24.8 Å². The van der Waals surface area contributed by atoms with Crippen LogP contribution < -0.4 is 5.32 Å². The molecule has 0 amide bonds. The first-order chi connectivity index (χ1) is 8.22. The molecule has 0 radical (unpaired) electrons. The molecule has 92 valence electrons. The molecule has 0 aromatic carbocycles. The van der Waals surface area contributed by atoms with Gasteiger partial charge in [0.05, 0.1) is 11.9 Å². The van der Waals surface area contributed by atoms with Gasteiger partial charge in [-0.2, -0.15) is 5.10 Å². The molecule has 0 saturated heterocycles. The Morgan fingerprint density at radius 2 is 2.24 bits per heavy atom. The third-order valence-corrected chi connectivity index (χ3v) is 2.57. The summed E-state index contributed by atoms with van der Waals surface area (Å²) in [5, 5.41) is 7.63. The minimum absolute atomic E-state index is 0.374. The molecule has 2 aromatic rings. The second-order valence-electron chi connectivity index (χ2n) is 4.32. The Morgan fingerprint density at radius 3 is 2.88 bits per heavy atom. The molecule has 0 fully saturated rings. The maximum Gasteiger partial charge on any atom is 0.207 e. The number of rotatable bonds is 5. The zero-order chi connectivity index (χ0) is 12.3. The molecular weight excluding hydrogens is 214 g/mol. The van der Waals surface area contributed by atoms with Gasteiger partial charge in [0.25, 0.3) is 0 Å². The Morgan fingerprint density at radius 1 is 1.41 bits per heavy atom. The molecule has 0 atom stereocenters. The van der Waals surface area contributed by atoms with E-state index in [9.17, 15) is 0 Å². The standard InChI is InChI=1S/C12H19N5/c1-4-5-13-12-14-6-7-16(12)11-8-15-17(9-11)10(2)3/h6-10H,4-5H2,1-3H3,(H,13,14). The van der Waals surface area contributed by atoms with Crippen LogP contribution in [0.3, 0.4) is 0 Å². The quantitative estimate of drug-likeness (QED) is 0.863. The van der Waals surface area contributed by atoms with E-state index < -0.39 is 0 Å². The molecule has 2 heterocycles. The summed E-state index contributed by atoms with van der Waals surface area (Å²) in [6, 6.07) is 0.374. The predicted octanol–water partition coefficient (Wildman–Crippen LogP) is 2.47. The van der Waals surface area contributed by atoms with E-state index in [2.05, 4.69) is 36.2 Å². The summed E-state index contributed by atoms with van der Waals surface area (Å²) in [5.41, 5.74) is 1.04. The first-order valence-electron chi connectivity index (χ1n) is 6.04. The lowest BCUT2D eigenvalue weighted by Gasteiger charge is -2.07. The van der Waals surface area contributed by atoms with Crippen LogP contribution in [0.4, 0.5) is 5.95 Å². The monoisotopic (exact) mass is 233 g/mol. The topological polar surface area (TPSA) is 47.7 Å². The van der Waals surface area contributed by atoms with Crippen molar-refractivity contribution >= 4 is 5.95 Å². The molecule has 17 heavy (non-hydrogen) atoms. The summed E-state index contributed by atoms with van der Waals surface area (Å²) < 4.78 is 3.96. The normalized spacial score (nSPS) is 11.1. The van der Waals surface area contributed by atoms with Gasteiger partial charge in [0, 0.05) is 31.2 Å². The van der Waals surface area contributed by atoms with Crippen LogP contribution >= 0.6 is 0 Å². The van der Waals surface area contributed by atoms with Crippen molar-refractivity contribution in [1.82, 2.24) is 19.3 Å². The Hall–Kier alpha value is -1.78. The van der Waals surface area contributed by atoms with Crippen molar-refractivity contribution in [3.8, 4) is 5.69 Å². The zero-order valence-electron chi connectivity index (χ0n) is 10.6. The summed E-state index contributed by atoms with van der Waals surface area (Å²) >= 11 is 0. The van der Waals surface area contributed by atoms with E-state index in [4.69, 9.17) is 0 Å². The minimum Gasteiger partial charge on any atom is -0.355 e. The van der Waals surface area contributed by atoms with E-state index in [1.165, 1.54) is 0 Å². The number of nitrogens with one attached hydrogen (secondary N) is 1. The molecule has 0 bridgehead atoms. The molecule has 2 rings (SSSR count). The smallest absolute Gasteiger partial charge is 0.207 e. The van der Waals surface area contributed by atoms with Gasteiger partial charge in [-0.25, -0.2) is 4.98 Å². The van der Waals surface area contributed by atoms with Crippen molar-refractivity contribution in [3.05, 3.63) is 24.8 Å². The lowest BCUT2D eigenvalue weighted by Crippen LogP contribution is -2.06. The van der Waals surface area contributed by atoms with E-state index in [-0.39, 0.29) is 0 Å². The zero-order valence-corrected chi connectivity index (χ0v) is 10.6. The number of hydrogen-bond acceptors (Lipinski definition) is 3. The van der Waals surface area contributed by atoms with Crippen molar-refractivity contribution in [2.45, 2.75) is 33.2 Å². The molecule has 0 spiro atoms. The summed E-state index contributed by atoms with van der Waals surface area (Å²) in [7, 11) is 0. The number of aromatic nitrogens is 4. The highest BCUT2D eigenvalue weighted by Crippen LogP contribution is 2.15. The van der Waals surface area contributed by atoms with Crippen LogP contribution in [0.25, 0.3) is 5.69 Å². The van der Waals surface area contributed by atoms with E-state index in [0.717, 1.165) is 24.6 Å². The number of nitrogens with zero attached hydrogens (tertiary/aromatic N) is 4. The first-order valence-corrected chi connectivity index (χ1v) is 6.04. The molecule has 5 nitrogen and oxygen atoms in total. The number of imidazole rings is 1. The van der Waals surface area contributed by atoms with Crippen molar-refractivity contribution < 1.29 is 0 Å². The van der Waals surface area contributed by atoms with Gasteiger partial charge in [-0.05, 0) is 20.3 Å². The van der Waals surface area contributed by atoms with Crippen molar-refractivity contribution in [3.63, 3.8) is 0 Å². The molecule has 1 N–H and O–H groups in total. The molecule has 0 aliphatic heterocycles. The van der Waals surface area contributed by atoms with E-state index in [1.807, 2.05) is 27.8 Å². The van der Waals surface area contributed by atoms with Crippen LogP contribution in [-0.2, 0) is 0 Å². The third kappa shape index (κ3) is 2.49. The van der Waals surface area contributed by atoms with Gasteiger partial charge in [-0.1, -0.05) is 6.92 Å². The fourth-order valence-corrected chi connectivity index (χ4v) is 1.61. The van der Waals surface area contributed by atoms with Gasteiger partial charge in [0.15, 0.2) is 0 Å². The highest BCUT2D eigenvalue weighted by molar-refractivity contribution is 5.39. The average molecular weight is 233 g/mol. The fraction of sp³-hybridized carbons (Fsp3) is 0.500. The SMILES string of the molecule is CCCNc1nccn1-c1cnn(C(C)C)c1. The molecule has 0 aliphatic rings. The van der Waals surface area contributed by atoms with Gasteiger partial charge in [0.1, 0.15) is 0 Å². The predicted molar refractivity (Wildman–Crippen MR) is 68.5 cm³/mol. The second kappa shape index (κ2) is 5.03. The molecular formula is C12H19N5. The van der Waals surface area contributed by atoms with Gasteiger partial charge in [-0.3, -0.25) is 9.25 Å². The molecule has 0 aliphatic carbocycles. The number of anilines is 1. The number of hydrogen-bond donors (Lipinski definition) is 1. The van der Waals surface area contributed by atoms with Crippen molar-refractivity contribution in [1.29, 1.82) is 0 Å². The summed E-state index contributed by atoms with van der Waals surface area (Å²) in [6.07, 6.45) is 8.71. The highest BCUT2D eigenvalue weighted by Gasteiger charge is 2.07. The van der Waals surface area contributed by atoms with Crippen LogP contribution in [-0.4, -0.2) is 25.9 Å². The lowest BCUT2D eigenvalue weighted by molar-refractivity contribution is 0.532. The summed E-state index contributed by atoms with van der Waals surface area (Å²) in [6.45, 7) is 7.29. The summed E-state index contributed by atoms with van der Waals surface area (Å²) in [4.78, 5) is 4.30. The average Bonchev–Trinajstić information content (AvgIpc) is 2.94. The Balaban J connectivity index is 2.23. The third-order valence-electron chi connectivity index (χ3n) is 2.57. The van der Waals surface area contributed by atoms with Crippen molar-refractivity contribution in [2.24, 2.45) is 0 Å². The highest BCUT2D eigenvalue weighted by atomic mass is 15.3. The van der Waals surface area contributed by atoms with Crippen LogP contribution in [0.5, 0.6) is 0 Å². The molecule has 0 saturated carbocycles. The second-order valence-corrected chi connectivity index (χ2v) is 4.32. The van der Waals surface area contributed by atoms with Crippen LogP contribution in [0.1, 0.15) is 33.2 Å². The van der Waals surface area contributed by atoms with Crippen molar-refractivity contribution in [2.75, 3.05) is 11.9 Å². The molecule has 2 aromatic heterocycles. The molecule has 0 unspecified atom stereocenters. The first kappa shape index (κ1) is 11.7. The summed E-state index contributed by atoms with van der Waals surface area (Å²) in [5.74, 6) is 0.871. The lowest BCUT2D eigenvalue weighted by atomic mass is 10.4. The largest absolute Gasteiger partial charge is 0.355 e. The Kier molecular flexibility index (Phi) is 3.46. The van der Waals surface area contributed by atoms with Crippen LogP contribution in [0, 0.1) is 0 Å². The van der Waals surface area contributed by atoms with E-state index >= 15 is 0 Å². The van der Waals surface area contributed by atoms with E-state index in [1.54, 1.807) is 6.20 Å². The van der Waals surface area contributed by atoms with Gasteiger partial charge < -0.3 is 5.32 Å². The minimum atomic E-state index is 0.374. The van der Waals surface area contributed by atoms with Gasteiger partial charge in [0.2, 0.25) is 5.95 Å². The molecule has 5 heteroatoms. The van der Waals surface area contributed by atoms with Gasteiger partial charge in [-0.15, -0.1) is 0 Å². The van der Waals surface area contributed by atoms with E-state index in [0.29, 0.717) is 6.04 Å².